The van der Waals surface area contributed by atoms with E-state index in [1.807, 2.05) is 18.2 Å². The molecule has 0 aliphatic rings. The lowest BCUT2D eigenvalue weighted by atomic mass is 10.1. The van der Waals surface area contributed by atoms with Crippen LogP contribution in [0.25, 0.3) is 0 Å². The summed E-state index contributed by atoms with van der Waals surface area (Å²) in [6, 6.07) is 12.4. The average molecular weight is 316 g/mol. The second-order valence-corrected chi connectivity index (χ2v) is 5.78. The Morgan fingerprint density at radius 1 is 1.09 bits per heavy atom. The molecule has 2 aromatic carbocycles. The van der Waals surface area contributed by atoms with E-state index in [4.69, 9.17) is 9.84 Å². The second-order valence-electron chi connectivity index (χ2n) is 4.63. The first kappa shape index (κ1) is 16.1. The van der Waals surface area contributed by atoms with Crippen molar-refractivity contribution >= 4 is 23.7 Å². The van der Waals surface area contributed by atoms with Crippen molar-refractivity contribution in [1.82, 2.24) is 0 Å². The van der Waals surface area contributed by atoms with Crippen molar-refractivity contribution in [2.45, 2.75) is 23.6 Å². The van der Waals surface area contributed by atoms with E-state index in [-0.39, 0.29) is 5.97 Å². The van der Waals surface area contributed by atoms with Crippen molar-refractivity contribution in [2.24, 2.45) is 0 Å². The lowest BCUT2D eigenvalue weighted by Gasteiger charge is -2.06. The number of carboxylic acid groups (broad SMARTS) is 1. The largest absolute Gasteiger partial charge is 0.478 e. The quantitative estimate of drug-likeness (QED) is 0.844. The zero-order chi connectivity index (χ0) is 16.1. The molecule has 5 heteroatoms. The van der Waals surface area contributed by atoms with Gasteiger partial charge in [0.2, 0.25) is 0 Å². The fourth-order valence-corrected chi connectivity index (χ4v) is 2.87. The van der Waals surface area contributed by atoms with Crippen LogP contribution < -0.4 is 0 Å². The van der Waals surface area contributed by atoms with Gasteiger partial charge in [0, 0.05) is 9.79 Å². The summed E-state index contributed by atoms with van der Waals surface area (Å²) in [7, 11) is 0. The topological polar surface area (TPSA) is 63.6 Å². The molecule has 0 fully saturated rings. The summed E-state index contributed by atoms with van der Waals surface area (Å²) in [5.41, 5.74) is 1.55. The van der Waals surface area contributed by atoms with Crippen LogP contribution in [-0.2, 0) is 4.74 Å². The molecule has 0 aliphatic carbocycles. The van der Waals surface area contributed by atoms with Gasteiger partial charge in [0.1, 0.15) is 0 Å². The third kappa shape index (κ3) is 3.89. The molecule has 0 heterocycles. The van der Waals surface area contributed by atoms with Crippen LogP contribution in [0.1, 0.15) is 33.2 Å². The number of hydrogen-bond donors (Lipinski definition) is 1. The lowest BCUT2D eigenvalue weighted by Crippen LogP contribution is -2.03. The Balaban J connectivity index is 2.12. The summed E-state index contributed by atoms with van der Waals surface area (Å²) in [5, 5.41) is 9.02. The fourth-order valence-electron chi connectivity index (χ4n) is 1.95. The maximum atomic E-state index is 11.6. The molecule has 114 valence electrons. The molecule has 0 spiro atoms. The molecule has 2 aromatic rings. The van der Waals surface area contributed by atoms with Gasteiger partial charge in [-0.25, -0.2) is 9.59 Å². The van der Waals surface area contributed by atoms with E-state index in [0.717, 1.165) is 15.4 Å². The molecule has 1 N–H and O–H groups in total. The maximum absolute atomic E-state index is 11.6. The highest BCUT2D eigenvalue weighted by atomic mass is 32.2. The first-order valence-corrected chi connectivity index (χ1v) is 7.62. The molecule has 0 atom stereocenters. The Labute approximate surface area is 133 Å². The molecule has 0 aliphatic heterocycles. The highest BCUT2D eigenvalue weighted by Gasteiger charge is 2.09. The number of rotatable bonds is 5. The minimum Gasteiger partial charge on any atom is -0.478 e. The number of aryl methyl sites for hydroxylation is 1. The van der Waals surface area contributed by atoms with E-state index in [2.05, 4.69) is 0 Å². The van der Waals surface area contributed by atoms with Gasteiger partial charge in [0.15, 0.2) is 0 Å². The lowest BCUT2D eigenvalue weighted by molar-refractivity contribution is 0.0525. The van der Waals surface area contributed by atoms with Crippen molar-refractivity contribution in [3.63, 3.8) is 0 Å². The van der Waals surface area contributed by atoms with Gasteiger partial charge in [-0.15, -0.1) is 0 Å². The molecule has 0 bridgehead atoms. The Morgan fingerprint density at radius 3 is 2.27 bits per heavy atom. The first-order valence-electron chi connectivity index (χ1n) is 6.80. The first-order chi connectivity index (χ1) is 10.5. The Kier molecular flexibility index (Phi) is 5.22. The third-order valence-corrected chi connectivity index (χ3v) is 4.03. The van der Waals surface area contributed by atoms with E-state index < -0.39 is 5.97 Å². The molecule has 0 saturated carbocycles. The molecule has 2 rings (SSSR count). The molecule has 0 amide bonds. The molecular weight excluding hydrogens is 300 g/mol. The molecule has 0 unspecified atom stereocenters. The van der Waals surface area contributed by atoms with Crippen LogP contribution in [0.15, 0.2) is 52.3 Å². The van der Waals surface area contributed by atoms with E-state index >= 15 is 0 Å². The maximum Gasteiger partial charge on any atom is 0.338 e. The summed E-state index contributed by atoms with van der Waals surface area (Å²) in [6.07, 6.45) is 0. The van der Waals surface area contributed by atoms with Crippen molar-refractivity contribution < 1.29 is 19.4 Å². The number of carboxylic acids is 1. The normalized spacial score (nSPS) is 10.3. The Bertz CT molecular complexity index is 692. The Morgan fingerprint density at radius 2 is 1.73 bits per heavy atom. The summed E-state index contributed by atoms with van der Waals surface area (Å²) >= 11 is 1.51. The van der Waals surface area contributed by atoms with E-state index in [1.165, 1.54) is 11.8 Å². The predicted octanol–water partition coefficient (Wildman–Crippen LogP) is 4.02. The number of carbonyl (C=O) groups is 2. The molecule has 0 saturated heterocycles. The second kappa shape index (κ2) is 7.13. The van der Waals surface area contributed by atoms with Crippen LogP contribution in [0.4, 0.5) is 0 Å². The highest BCUT2D eigenvalue weighted by Crippen LogP contribution is 2.29. The number of carbonyl (C=O) groups excluding carboxylic acids is 1. The fraction of sp³-hybridized carbons (Fsp3) is 0.176. The average Bonchev–Trinajstić information content (AvgIpc) is 2.48. The van der Waals surface area contributed by atoms with Crippen LogP contribution in [0.3, 0.4) is 0 Å². The van der Waals surface area contributed by atoms with Crippen molar-refractivity contribution in [2.75, 3.05) is 6.61 Å². The Hall–Kier alpha value is -2.27. The predicted molar refractivity (Wildman–Crippen MR) is 84.7 cm³/mol. The zero-order valence-corrected chi connectivity index (χ0v) is 13.1. The zero-order valence-electron chi connectivity index (χ0n) is 12.3. The van der Waals surface area contributed by atoms with Gasteiger partial charge in [-0.05, 0) is 61.9 Å². The van der Waals surface area contributed by atoms with Gasteiger partial charge in [-0.2, -0.15) is 0 Å². The number of aromatic carboxylic acids is 1. The van der Waals surface area contributed by atoms with Crippen LogP contribution in [-0.4, -0.2) is 23.7 Å². The van der Waals surface area contributed by atoms with Gasteiger partial charge >= 0.3 is 11.9 Å². The third-order valence-electron chi connectivity index (χ3n) is 3.03. The monoisotopic (exact) mass is 316 g/mol. The molecule has 4 nitrogen and oxygen atoms in total. The molecular formula is C17H16O4S. The highest BCUT2D eigenvalue weighted by molar-refractivity contribution is 7.99. The van der Waals surface area contributed by atoms with Crippen molar-refractivity contribution in [3.05, 3.63) is 59.2 Å². The standard InChI is InChI=1S/C17H16O4S/c1-3-21-17(20)12-4-6-13(7-5-12)22-14-8-9-15(16(18)19)11(2)10-14/h4-10H,3H2,1-2H3,(H,18,19). The van der Waals surface area contributed by atoms with E-state index in [1.54, 1.807) is 38.1 Å². The number of esters is 1. The van der Waals surface area contributed by atoms with Crippen molar-refractivity contribution in [1.29, 1.82) is 0 Å². The number of benzene rings is 2. The van der Waals surface area contributed by atoms with E-state index in [9.17, 15) is 9.59 Å². The minimum absolute atomic E-state index is 0.307. The number of ether oxygens (including phenoxy) is 1. The summed E-state index contributed by atoms with van der Waals surface area (Å²) in [5.74, 6) is -1.26. The van der Waals surface area contributed by atoms with Gasteiger partial charge in [0.25, 0.3) is 0 Å². The van der Waals surface area contributed by atoms with Gasteiger partial charge < -0.3 is 9.84 Å². The summed E-state index contributed by atoms with van der Waals surface area (Å²) < 4.78 is 4.94. The van der Waals surface area contributed by atoms with Gasteiger partial charge in [-0.3, -0.25) is 0 Å². The molecule has 0 radical (unpaired) electrons. The SMILES string of the molecule is CCOC(=O)c1ccc(Sc2ccc(C(=O)O)c(C)c2)cc1. The van der Waals surface area contributed by atoms with Gasteiger partial charge in [-0.1, -0.05) is 11.8 Å². The van der Waals surface area contributed by atoms with Crippen LogP contribution in [0.2, 0.25) is 0 Å². The van der Waals surface area contributed by atoms with E-state index in [0.29, 0.717) is 17.7 Å². The molecule has 0 aromatic heterocycles. The smallest absolute Gasteiger partial charge is 0.338 e. The van der Waals surface area contributed by atoms with Crippen LogP contribution in [0.5, 0.6) is 0 Å². The van der Waals surface area contributed by atoms with Crippen LogP contribution >= 0.6 is 11.8 Å². The summed E-state index contributed by atoms with van der Waals surface area (Å²) in [6.45, 7) is 3.90. The number of hydrogen-bond acceptors (Lipinski definition) is 4. The van der Waals surface area contributed by atoms with Crippen molar-refractivity contribution in [3.8, 4) is 0 Å². The minimum atomic E-state index is -0.923. The van der Waals surface area contributed by atoms with Crippen LogP contribution in [0, 0.1) is 6.92 Å². The summed E-state index contributed by atoms with van der Waals surface area (Å²) in [4.78, 5) is 24.5. The molecule has 22 heavy (non-hydrogen) atoms. The van der Waals surface area contributed by atoms with Gasteiger partial charge in [0.05, 0.1) is 17.7 Å².